The van der Waals surface area contributed by atoms with Gasteiger partial charge in [0.1, 0.15) is 0 Å². The van der Waals surface area contributed by atoms with Gasteiger partial charge in [0.15, 0.2) is 0 Å². The average Bonchev–Trinajstić information content (AvgIpc) is 2.53. The van der Waals surface area contributed by atoms with Crippen LogP contribution in [0.25, 0.3) is 0 Å². The van der Waals surface area contributed by atoms with Crippen LogP contribution in [-0.4, -0.2) is 9.55 Å². The lowest BCUT2D eigenvalue weighted by molar-refractivity contribution is 0.450. The van der Waals surface area contributed by atoms with Crippen molar-refractivity contribution in [3.8, 4) is 0 Å². The Morgan fingerprint density at radius 2 is 2.42 bits per heavy atom. The van der Waals surface area contributed by atoms with Crippen molar-refractivity contribution in [2.75, 3.05) is 0 Å². The van der Waals surface area contributed by atoms with Crippen molar-refractivity contribution in [3.05, 3.63) is 35.0 Å². The molecule has 0 radical (unpaired) electrons. The van der Waals surface area contributed by atoms with Crippen LogP contribution in [-0.2, 0) is 0 Å². The molecule has 1 N–H and O–H groups in total. The topological polar surface area (TPSA) is 37.8 Å². The van der Waals surface area contributed by atoms with Gasteiger partial charge in [-0.15, -0.1) is 0 Å². The molecule has 1 aromatic heterocycles. The van der Waals surface area contributed by atoms with Crippen LogP contribution in [0.3, 0.4) is 0 Å². The molecule has 0 saturated carbocycles. The zero-order chi connectivity index (χ0) is 8.39. The first kappa shape index (κ1) is 7.40. The summed E-state index contributed by atoms with van der Waals surface area (Å²) in [5, 5.41) is 0. The monoisotopic (exact) mass is 164 g/mol. The predicted molar refractivity (Wildman–Crippen MR) is 47.1 cm³/mol. The van der Waals surface area contributed by atoms with Gasteiger partial charge >= 0.3 is 5.69 Å². The lowest BCUT2D eigenvalue weighted by Crippen LogP contribution is -2.22. The van der Waals surface area contributed by atoms with Crippen molar-refractivity contribution in [3.63, 3.8) is 0 Å². The Morgan fingerprint density at radius 3 is 3.00 bits per heavy atom. The molecule has 0 aromatic carbocycles. The van der Waals surface area contributed by atoms with E-state index in [0.717, 1.165) is 19.3 Å². The highest BCUT2D eigenvalue weighted by Gasteiger charge is 2.12. The van der Waals surface area contributed by atoms with Gasteiger partial charge in [0.05, 0.1) is 0 Å². The van der Waals surface area contributed by atoms with Crippen LogP contribution in [0.4, 0.5) is 0 Å². The number of aromatic nitrogens is 2. The van der Waals surface area contributed by atoms with Gasteiger partial charge in [-0.3, -0.25) is 4.57 Å². The summed E-state index contributed by atoms with van der Waals surface area (Å²) >= 11 is 0. The van der Waals surface area contributed by atoms with Crippen LogP contribution in [0.15, 0.2) is 29.3 Å². The molecule has 64 valence electrons. The number of H-pyrrole nitrogens is 1. The first-order valence-corrected chi connectivity index (χ1v) is 4.28. The second-order valence-electron chi connectivity index (χ2n) is 3.11. The molecule has 2 rings (SSSR count). The molecule has 1 heterocycles. The predicted octanol–water partition coefficient (Wildman–Crippen LogP) is 1.46. The van der Waals surface area contributed by atoms with E-state index >= 15 is 0 Å². The summed E-state index contributed by atoms with van der Waals surface area (Å²) in [7, 11) is 0. The Morgan fingerprint density at radius 1 is 1.50 bits per heavy atom. The first-order chi connectivity index (χ1) is 5.88. The quantitative estimate of drug-likeness (QED) is 0.627. The standard InChI is InChI=1S/C9H12N2O/c12-9-10-6-7-11(9)8-4-2-1-3-5-8/h1-2,6-8H,3-5H2,(H,10,12). The molecule has 1 aliphatic carbocycles. The third kappa shape index (κ3) is 1.22. The Kier molecular flexibility index (Phi) is 1.86. The molecule has 0 amide bonds. The minimum Gasteiger partial charge on any atom is -0.313 e. The molecule has 0 fully saturated rings. The van der Waals surface area contributed by atoms with Crippen LogP contribution in [0.5, 0.6) is 0 Å². The van der Waals surface area contributed by atoms with Crippen molar-refractivity contribution < 1.29 is 0 Å². The lowest BCUT2D eigenvalue weighted by Gasteiger charge is -2.17. The fraction of sp³-hybridized carbons (Fsp3) is 0.444. The molecule has 1 unspecified atom stereocenters. The van der Waals surface area contributed by atoms with E-state index in [2.05, 4.69) is 17.1 Å². The summed E-state index contributed by atoms with van der Waals surface area (Å²) in [6.07, 6.45) is 11.0. The fourth-order valence-electron chi connectivity index (χ4n) is 1.65. The van der Waals surface area contributed by atoms with Gasteiger partial charge < -0.3 is 4.98 Å². The number of aromatic amines is 1. The maximum atomic E-state index is 11.2. The zero-order valence-electron chi connectivity index (χ0n) is 6.86. The van der Waals surface area contributed by atoms with Crippen LogP contribution in [0, 0.1) is 0 Å². The molecular weight excluding hydrogens is 152 g/mol. The number of hydrogen-bond donors (Lipinski definition) is 1. The van der Waals surface area contributed by atoms with E-state index in [9.17, 15) is 4.79 Å². The largest absolute Gasteiger partial charge is 0.325 e. The summed E-state index contributed by atoms with van der Waals surface area (Å²) in [5.74, 6) is 0. The SMILES string of the molecule is O=c1[nH]ccn1C1CC=CCC1. The van der Waals surface area contributed by atoms with Crippen molar-refractivity contribution in [1.29, 1.82) is 0 Å². The van der Waals surface area contributed by atoms with Crippen molar-refractivity contribution in [2.45, 2.75) is 25.3 Å². The maximum absolute atomic E-state index is 11.2. The number of nitrogens with zero attached hydrogens (tertiary/aromatic N) is 1. The van der Waals surface area contributed by atoms with E-state index in [0.29, 0.717) is 6.04 Å². The van der Waals surface area contributed by atoms with Crippen LogP contribution >= 0.6 is 0 Å². The summed E-state index contributed by atoms with van der Waals surface area (Å²) in [6.45, 7) is 0. The lowest BCUT2D eigenvalue weighted by atomic mass is 10.0. The van der Waals surface area contributed by atoms with E-state index in [1.807, 2.05) is 6.20 Å². The van der Waals surface area contributed by atoms with Gasteiger partial charge in [-0.25, -0.2) is 4.79 Å². The van der Waals surface area contributed by atoms with Gasteiger partial charge in [0, 0.05) is 18.4 Å². The maximum Gasteiger partial charge on any atom is 0.325 e. The highest BCUT2D eigenvalue weighted by molar-refractivity contribution is 4.94. The Bertz CT molecular complexity index is 334. The minimum absolute atomic E-state index is 0.00954. The van der Waals surface area contributed by atoms with Crippen molar-refractivity contribution >= 4 is 0 Å². The van der Waals surface area contributed by atoms with E-state index < -0.39 is 0 Å². The molecule has 0 bridgehead atoms. The van der Waals surface area contributed by atoms with Gasteiger partial charge in [0.25, 0.3) is 0 Å². The Hall–Kier alpha value is -1.25. The molecule has 3 heteroatoms. The second-order valence-corrected chi connectivity index (χ2v) is 3.11. The van der Waals surface area contributed by atoms with E-state index in [1.54, 1.807) is 10.8 Å². The molecule has 1 aromatic rings. The molecule has 12 heavy (non-hydrogen) atoms. The molecule has 3 nitrogen and oxygen atoms in total. The fourth-order valence-corrected chi connectivity index (χ4v) is 1.65. The van der Waals surface area contributed by atoms with E-state index in [-0.39, 0.29) is 5.69 Å². The normalized spacial score (nSPS) is 22.8. The van der Waals surface area contributed by atoms with Crippen LogP contribution < -0.4 is 5.69 Å². The van der Waals surface area contributed by atoms with Gasteiger partial charge in [0.2, 0.25) is 0 Å². The van der Waals surface area contributed by atoms with Gasteiger partial charge in [-0.2, -0.15) is 0 Å². The zero-order valence-corrected chi connectivity index (χ0v) is 6.86. The van der Waals surface area contributed by atoms with E-state index in [4.69, 9.17) is 0 Å². The summed E-state index contributed by atoms with van der Waals surface area (Å²) in [4.78, 5) is 13.9. The number of rotatable bonds is 1. The number of nitrogens with one attached hydrogen (secondary N) is 1. The summed E-state index contributed by atoms with van der Waals surface area (Å²) < 4.78 is 1.78. The van der Waals surface area contributed by atoms with Crippen LogP contribution in [0.1, 0.15) is 25.3 Å². The van der Waals surface area contributed by atoms with Gasteiger partial charge in [-0.05, 0) is 19.3 Å². The Labute approximate surface area is 70.7 Å². The van der Waals surface area contributed by atoms with Crippen molar-refractivity contribution in [1.82, 2.24) is 9.55 Å². The smallest absolute Gasteiger partial charge is 0.313 e. The highest BCUT2D eigenvalue weighted by atomic mass is 16.1. The molecule has 1 atom stereocenters. The Balaban J connectivity index is 2.25. The second kappa shape index (κ2) is 3.01. The minimum atomic E-state index is 0.00954. The number of imidazole rings is 1. The highest BCUT2D eigenvalue weighted by Crippen LogP contribution is 2.21. The molecule has 0 aliphatic heterocycles. The number of hydrogen-bond acceptors (Lipinski definition) is 1. The molecule has 1 aliphatic rings. The average molecular weight is 164 g/mol. The molecule has 0 saturated heterocycles. The first-order valence-electron chi connectivity index (χ1n) is 4.28. The molecule has 0 spiro atoms. The molecular formula is C9H12N2O. The van der Waals surface area contributed by atoms with Crippen LogP contribution in [0.2, 0.25) is 0 Å². The summed E-state index contributed by atoms with van der Waals surface area (Å²) in [6, 6.07) is 0.369. The number of allylic oxidation sites excluding steroid dienone is 2. The third-order valence-electron chi connectivity index (χ3n) is 2.31. The third-order valence-corrected chi connectivity index (χ3v) is 2.31. The van der Waals surface area contributed by atoms with E-state index in [1.165, 1.54) is 0 Å². The van der Waals surface area contributed by atoms with Gasteiger partial charge in [-0.1, -0.05) is 12.2 Å². The summed E-state index contributed by atoms with van der Waals surface area (Å²) in [5.41, 5.74) is 0.00954. The van der Waals surface area contributed by atoms with Crippen molar-refractivity contribution in [2.24, 2.45) is 0 Å².